The summed E-state index contributed by atoms with van der Waals surface area (Å²) < 4.78 is 0. The van der Waals surface area contributed by atoms with Gasteiger partial charge in [0.25, 0.3) is 0 Å². The summed E-state index contributed by atoms with van der Waals surface area (Å²) in [4.78, 5) is 21.1. The molecular formula is C15H18N4OS. The molecule has 0 aliphatic heterocycles. The summed E-state index contributed by atoms with van der Waals surface area (Å²) in [5, 5.41) is 6.34. The molecule has 0 radical (unpaired) electrons. The van der Waals surface area contributed by atoms with Crippen LogP contribution < -0.4 is 10.6 Å². The molecule has 0 bridgehead atoms. The molecule has 2 rings (SSSR count). The Hall–Kier alpha value is -2.08. The number of nitrogens with zero attached hydrogens (tertiary/aromatic N) is 2. The fraction of sp³-hybridized carbons (Fsp3) is 0.267. The van der Waals surface area contributed by atoms with Crippen LogP contribution in [0.5, 0.6) is 0 Å². The van der Waals surface area contributed by atoms with Gasteiger partial charge in [0.2, 0.25) is 0 Å². The van der Waals surface area contributed by atoms with Gasteiger partial charge in [0, 0.05) is 29.0 Å². The van der Waals surface area contributed by atoms with E-state index in [1.165, 1.54) is 11.8 Å². The van der Waals surface area contributed by atoms with Gasteiger partial charge >= 0.3 is 6.03 Å². The van der Waals surface area contributed by atoms with Crippen molar-refractivity contribution in [3.8, 4) is 0 Å². The molecule has 0 aliphatic carbocycles. The Balaban J connectivity index is 2.05. The molecule has 0 aliphatic rings. The van der Waals surface area contributed by atoms with Crippen molar-refractivity contribution >= 4 is 23.5 Å². The van der Waals surface area contributed by atoms with Crippen LogP contribution in [0.3, 0.4) is 0 Å². The number of aromatic nitrogens is 2. The van der Waals surface area contributed by atoms with Crippen LogP contribution in [0, 0.1) is 6.92 Å². The molecule has 0 fully saturated rings. The van der Waals surface area contributed by atoms with E-state index in [0.29, 0.717) is 5.16 Å². The highest BCUT2D eigenvalue weighted by atomic mass is 32.2. The molecule has 1 aromatic heterocycles. The van der Waals surface area contributed by atoms with Crippen LogP contribution in [0.15, 0.2) is 46.7 Å². The molecule has 1 heterocycles. The van der Waals surface area contributed by atoms with Gasteiger partial charge in [-0.05, 0) is 62.4 Å². The predicted octanol–water partition coefficient (Wildman–Crippen LogP) is 3.47. The van der Waals surface area contributed by atoms with Crippen molar-refractivity contribution in [3.05, 3.63) is 42.2 Å². The lowest BCUT2D eigenvalue weighted by molar-refractivity contribution is 0.250. The third kappa shape index (κ3) is 4.75. The molecule has 5 nitrogen and oxygen atoms in total. The number of hydrogen-bond donors (Lipinski definition) is 2. The van der Waals surface area contributed by atoms with Crippen molar-refractivity contribution in [3.63, 3.8) is 0 Å². The lowest BCUT2D eigenvalue weighted by atomic mass is 10.2. The first-order chi connectivity index (χ1) is 10.0. The van der Waals surface area contributed by atoms with Crippen LogP contribution in [0.25, 0.3) is 0 Å². The lowest BCUT2D eigenvalue weighted by Gasteiger charge is -2.12. The Kier molecular flexibility index (Phi) is 5.16. The highest BCUT2D eigenvalue weighted by molar-refractivity contribution is 7.99. The number of amides is 2. The fourth-order valence-corrected chi connectivity index (χ4v) is 2.51. The molecule has 0 unspecified atom stereocenters. The van der Waals surface area contributed by atoms with Gasteiger partial charge in [0.1, 0.15) is 0 Å². The number of aryl methyl sites for hydroxylation is 1. The van der Waals surface area contributed by atoms with Crippen LogP contribution >= 0.6 is 11.8 Å². The van der Waals surface area contributed by atoms with E-state index in [-0.39, 0.29) is 12.1 Å². The summed E-state index contributed by atoms with van der Waals surface area (Å²) in [6.07, 6.45) is 3.43. The number of nitrogens with one attached hydrogen (secondary N) is 2. The summed E-state index contributed by atoms with van der Waals surface area (Å²) in [5.41, 5.74) is 1.79. The Morgan fingerprint density at radius 3 is 2.57 bits per heavy atom. The molecule has 2 amide bonds. The van der Waals surface area contributed by atoms with Crippen LogP contribution in [-0.4, -0.2) is 22.0 Å². The highest BCUT2D eigenvalue weighted by Gasteiger charge is 2.07. The Bertz CT molecular complexity index is 616. The molecule has 0 spiro atoms. The molecule has 0 atom stereocenters. The molecule has 1 aromatic carbocycles. The largest absolute Gasteiger partial charge is 0.336 e. The molecule has 21 heavy (non-hydrogen) atoms. The second-order valence-electron chi connectivity index (χ2n) is 4.86. The minimum Gasteiger partial charge on any atom is -0.336 e. The van der Waals surface area contributed by atoms with Gasteiger partial charge in [-0.3, -0.25) is 0 Å². The van der Waals surface area contributed by atoms with Gasteiger partial charge in [-0.25, -0.2) is 14.8 Å². The van der Waals surface area contributed by atoms with Crippen molar-refractivity contribution < 1.29 is 4.79 Å². The summed E-state index contributed by atoms with van der Waals surface area (Å²) in [5.74, 6) is 0. The fourth-order valence-electron chi connectivity index (χ4n) is 1.70. The quantitative estimate of drug-likeness (QED) is 0.849. The predicted molar refractivity (Wildman–Crippen MR) is 84.6 cm³/mol. The topological polar surface area (TPSA) is 66.9 Å². The third-order valence-corrected chi connectivity index (χ3v) is 3.50. The minimum atomic E-state index is -0.195. The number of urea groups is 1. The molecular weight excluding hydrogens is 284 g/mol. The van der Waals surface area contributed by atoms with Gasteiger partial charge in [0.15, 0.2) is 5.16 Å². The first-order valence-corrected chi connectivity index (χ1v) is 7.49. The van der Waals surface area contributed by atoms with Crippen molar-refractivity contribution in [1.82, 2.24) is 15.3 Å². The van der Waals surface area contributed by atoms with Gasteiger partial charge in [-0.2, -0.15) is 0 Å². The van der Waals surface area contributed by atoms with E-state index in [9.17, 15) is 4.79 Å². The van der Waals surface area contributed by atoms with Crippen LogP contribution in [0.4, 0.5) is 10.5 Å². The maximum Gasteiger partial charge on any atom is 0.319 e. The first-order valence-electron chi connectivity index (χ1n) is 6.67. The summed E-state index contributed by atoms with van der Waals surface area (Å²) in [7, 11) is 0. The van der Waals surface area contributed by atoms with Gasteiger partial charge < -0.3 is 10.6 Å². The smallest absolute Gasteiger partial charge is 0.319 e. The Morgan fingerprint density at radius 1 is 1.24 bits per heavy atom. The van der Waals surface area contributed by atoms with Gasteiger partial charge in [0.05, 0.1) is 0 Å². The van der Waals surface area contributed by atoms with Crippen molar-refractivity contribution in [1.29, 1.82) is 0 Å². The average Bonchev–Trinajstić information content (AvgIpc) is 2.42. The average molecular weight is 302 g/mol. The molecule has 2 aromatic rings. The molecule has 110 valence electrons. The number of carbonyl (C=O) groups excluding carboxylic acids is 1. The Labute approximate surface area is 128 Å². The third-order valence-electron chi connectivity index (χ3n) is 2.62. The second-order valence-corrected chi connectivity index (χ2v) is 5.90. The second kappa shape index (κ2) is 7.08. The molecule has 6 heteroatoms. The first kappa shape index (κ1) is 15.3. The number of rotatable bonds is 4. The number of anilines is 1. The molecule has 2 N–H and O–H groups in total. The summed E-state index contributed by atoms with van der Waals surface area (Å²) >= 11 is 1.49. The van der Waals surface area contributed by atoms with E-state index in [2.05, 4.69) is 20.6 Å². The van der Waals surface area contributed by atoms with Crippen LogP contribution in [0.2, 0.25) is 0 Å². The van der Waals surface area contributed by atoms with Gasteiger partial charge in [-0.15, -0.1) is 0 Å². The standard InChI is InChI=1S/C15H18N4OS/c1-10(2)18-14(20)19-13-6-5-12(9-11(13)3)21-15-16-7-4-8-17-15/h4-10H,1-3H3,(H2,18,19,20). The monoisotopic (exact) mass is 302 g/mol. The SMILES string of the molecule is Cc1cc(Sc2ncccn2)ccc1NC(=O)NC(C)C. The zero-order valence-corrected chi connectivity index (χ0v) is 13.1. The lowest BCUT2D eigenvalue weighted by Crippen LogP contribution is -2.34. The van der Waals surface area contributed by atoms with E-state index >= 15 is 0 Å². The summed E-state index contributed by atoms with van der Waals surface area (Å²) in [6.45, 7) is 5.80. The zero-order valence-electron chi connectivity index (χ0n) is 12.3. The zero-order chi connectivity index (χ0) is 15.2. The van der Waals surface area contributed by atoms with E-state index in [0.717, 1.165) is 16.1 Å². The summed E-state index contributed by atoms with van der Waals surface area (Å²) in [6, 6.07) is 7.54. The molecule has 0 saturated heterocycles. The maximum atomic E-state index is 11.7. The van der Waals surface area contributed by atoms with Crippen LogP contribution in [-0.2, 0) is 0 Å². The maximum absolute atomic E-state index is 11.7. The highest BCUT2D eigenvalue weighted by Crippen LogP contribution is 2.27. The van der Waals surface area contributed by atoms with E-state index in [4.69, 9.17) is 0 Å². The van der Waals surface area contributed by atoms with Crippen molar-refractivity contribution in [2.75, 3.05) is 5.32 Å². The molecule has 0 saturated carbocycles. The van der Waals surface area contributed by atoms with Crippen LogP contribution in [0.1, 0.15) is 19.4 Å². The minimum absolute atomic E-state index is 0.107. The number of hydrogen-bond acceptors (Lipinski definition) is 4. The number of benzene rings is 1. The van der Waals surface area contributed by atoms with Crippen molar-refractivity contribution in [2.24, 2.45) is 0 Å². The van der Waals surface area contributed by atoms with E-state index in [1.54, 1.807) is 18.5 Å². The normalized spacial score (nSPS) is 10.5. The number of carbonyl (C=O) groups is 1. The Morgan fingerprint density at radius 2 is 1.95 bits per heavy atom. The van der Waals surface area contributed by atoms with E-state index < -0.39 is 0 Å². The van der Waals surface area contributed by atoms with E-state index in [1.807, 2.05) is 39.0 Å². The van der Waals surface area contributed by atoms with Gasteiger partial charge in [-0.1, -0.05) is 0 Å². The van der Waals surface area contributed by atoms with Crippen molar-refractivity contribution in [2.45, 2.75) is 36.9 Å².